The van der Waals surface area contributed by atoms with Crippen molar-refractivity contribution in [3.8, 4) is 17.2 Å². The minimum absolute atomic E-state index is 0.0297. The van der Waals surface area contributed by atoms with Crippen molar-refractivity contribution in [2.24, 2.45) is 0 Å². The predicted molar refractivity (Wildman–Crippen MR) is 168 cm³/mol. The number of hydrogen-bond acceptors (Lipinski definition) is 9. The summed E-state index contributed by atoms with van der Waals surface area (Å²) in [6.07, 6.45) is 1.54. The second-order valence-corrected chi connectivity index (χ2v) is 12.9. The molecule has 13 heteroatoms. The number of imide groups is 1. The van der Waals surface area contributed by atoms with Crippen molar-refractivity contribution < 1.29 is 36.5 Å². The maximum absolute atomic E-state index is 13.0. The smallest absolute Gasteiger partial charge is 0.339 e. The van der Waals surface area contributed by atoms with E-state index in [-0.39, 0.29) is 40.4 Å². The Labute approximate surface area is 261 Å². The molecule has 42 heavy (non-hydrogen) atoms. The molecule has 3 amide bonds. The van der Waals surface area contributed by atoms with Gasteiger partial charge in [0, 0.05) is 12.6 Å². The van der Waals surface area contributed by atoms with Gasteiger partial charge in [0.05, 0.1) is 22.1 Å². The minimum Gasteiger partial charge on any atom is -0.493 e. The van der Waals surface area contributed by atoms with E-state index in [0.717, 1.165) is 27.8 Å². The van der Waals surface area contributed by atoms with Crippen LogP contribution in [0.3, 0.4) is 0 Å². The van der Waals surface area contributed by atoms with Crippen LogP contribution in [0.1, 0.15) is 23.6 Å². The van der Waals surface area contributed by atoms with Crippen molar-refractivity contribution in [3.05, 3.63) is 79.8 Å². The second-order valence-electron chi connectivity index (χ2n) is 9.23. The molecule has 0 atom stereocenters. The summed E-state index contributed by atoms with van der Waals surface area (Å²) < 4.78 is 43.0. The van der Waals surface area contributed by atoms with E-state index in [1.54, 1.807) is 12.1 Å². The fourth-order valence-electron chi connectivity index (χ4n) is 3.92. The van der Waals surface area contributed by atoms with Crippen LogP contribution in [0, 0.1) is 17.4 Å². The molecule has 1 saturated heterocycles. The van der Waals surface area contributed by atoms with Crippen LogP contribution in [0.15, 0.2) is 64.4 Å². The lowest BCUT2D eigenvalue weighted by Gasteiger charge is -2.15. The van der Waals surface area contributed by atoms with E-state index in [1.807, 2.05) is 54.6 Å². The molecular formula is C29H27IN2O8S2. The first-order valence-electron chi connectivity index (χ1n) is 12.5. The number of nitrogens with zero attached hydrogens (tertiary/aromatic N) is 1. The molecule has 1 heterocycles. The standard InChI is InChI=1S/C29H27IN2O8S2/c1-17-5-6-18(2)24(13-17)39-12-11-32-28(34)26(41-29(32)35)16-20-14-23(30)27(25(15-20)38-4)40-42(36,37)22-9-7-21(8-10-22)31-19(3)33/h5-10,13-16H,11-12H2,1-4H3,(H,31,33)/b26-16-. The van der Waals surface area contributed by atoms with Gasteiger partial charge in [-0.1, -0.05) is 12.1 Å². The number of halogens is 1. The van der Waals surface area contributed by atoms with Gasteiger partial charge in [0.1, 0.15) is 17.3 Å². The molecule has 0 spiro atoms. The number of anilines is 1. The van der Waals surface area contributed by atoms with E-state index in [0.29, 0.717) is 20.6 Å². The lowest BCUT2D eigenvalue weighted by Crippen LogP contribution is -2.32. The van der Waals surface area contributed by atoms with Gasteiger partial charge < -0.3 is 19.0 Å². The first kappa shape index (κ1) is 31.4. The summed E-state index contributed by atoms with van der Waals surface area (Å²) in [7, 11) is -2.88. The molecule has 3 aromatic rings. The highest BCUT2D eigenvalue weighted by Gasteiger charge is 2.35. The molecule has 3 aromatic carbocycles. The normalized spacial score (nSPS) is 14.3. The average molecular weight is 723 g/mol. The minimum atomic E-state index is -4.24. The first-order chi connectivity index (χ1) is 19.9. The number of amides is 3. The largest absolute Gasteiger partial charge is 0.493 e. The van der Waals surface area contributed by atoms with Crippen molar-refractivity contribution in [2.75, 3.05) is 25.6 Å². The van der Waals surface area contributed by atoms with E-state index >= 15 is 0 Å². The molecule has 1 N–H and O–H groups in total. The number of hydrogen-bond donors (Lipinski definition) is 1. The van der Waals surface area contributed by atoms with E-state index < -0.39 is 21.3 Å². The molecule has 1 fully saturated rings. The highest BCUT2D eigenvalue weighted by Crippen LogP contribution is 2.38. The number of ether oxygens (including phenoxy) is 2. The summed E-state index contributed by atoms with van der Waals surface area (Å²) in [6.45, 7) is 5.46. The molecular weight excluding hydrogens is 695 g/mol. The Hall–Kier alpha value is -3.56. The molecule has 0 bridgehead atoms. The molecule has 1 aliphatic rings. The van der Waals surface area contributed by atoms with Gasteiger partial charge in [0.2, 0.25) is 5.91 Å². The third-order valence-corrected chi connectivity index (χ3v) is 8.94. The summed E-state index contributed by atoms with van der Waals surface area (Å²) in [4.78, 5) is 38.1. The zero-order valence-corrected chi connectivity index (χ0v) is 26.9. The Bertz CT molecular complexity index is 1690. The lowest BCUT2D eigenvalue weighted by molar-refractivity contribution is -0.123. The average Bonchev–Trinajstić information content (AvgIpc) is 3.19. The van der Waals surface area contributed by atoms with Crippen LogP contribution in [-0.4, -0.2) is 50.6 Å². The summed E-state index contributed by atoms with van der Waals surface area (Å²) in [6, 6.07) is 14.5. The van der Waals surface area contributed by atoms with Crippen molar-refractivity contribution in [1.82, 2.24) is 4.90 Å². The molecule has 0 radical (unpaired) electrons. The summed E-state index contributed by atoms with van der Waals surface area (Å²) in [5, 5.41) is 2.16. The van der Waals surface area contributed by atoms with Crippen LogP contribution in [0.5, 0.6) is 17.2 Å². The van der Waals surface area contributed by atoms with Crippen LogP contribution in [0.4, 0.5) is 10.5 Å². The Morgan fingerprint density at radius 2 is 1.76 bits per heavy atom. The summed E-state index contributed by atoms with van der Waals surface area (Å²) in [5.74, 6) is 0.0542. The number of nitrogens with one attached hydrogen (secondary N) is 1. The molecule has 0 unspecified atom stereocenters. The molecule has 0 aromatic heterocycles. The van der Waals surface area contributed by atoms with Crippen LogP contribution >= 0.6 is 34.4 Å². The predicted octanol–water partition coefficient (Wildman–Crippen LogP) is 5.76. The highest BCUT2D eigenvalue weighted by molar-refractivity contribution is 14.1. The van der Waals surface area contributed by atoms with Gasteiger partial charge in [0.25, 0.3) is 11.1 Å². The summed E-state index contributed by atoms with van der Waals surface area (Å²) in [5.41, 5.74) is 2.95. The Kier molecular flexibility index (Phi) is 9.84. The maximum atomic E-state index is 13.0. The third-order valence-electron chi connectivity index (χ3n) is 6.00. The van der Waals surface area contributed by atoms with Gasteiger partial charge in [0.15, 0.2) is 11.5 Å². The maximum Gasteiger partial charge on any atom is 0.339 e. The Morgan fingerprint density at radius 3 is 2.43 bits per heavy atom. The van der Waals surface area contributed by atoms with Gasteiger partial charge in [-0.05, 0) is 113 Å². The zero-order chi connectivity index (χ0) is 30.6. The van der Waals surface area contributed by atoms with Gasteiger partial charge >= 0.3 is 10.1 Å². The topological polar surface area (TPSA) is 128 Å². The molecule has 1 aliphatic heterocycles. The number of carbonyl (C=O) groups is 3. The second kappa shape index (κ2) is 13.2. The van der Waals surface area contributed by atoms with E-state index in [9.17, 15) is 22.8 Å². The van der Waals surface area contributed by atoms with Crippen LogP contribution < -0.4 is 19.0 Å². The van der Waals surface area contributed by atoms with E-state index in [1.165, 1.54) is 44.4 Å². The van der Waals surface area contributed by atoms with Gasteiger partial charge in [-0.2, -0.15) is 8.42 Å². The SMILES string of the molecule is COc1cc(/C=C2\SC(=O)N(CCOc3cc(C)ccc3C)C2=O)cc(I)c1OS(=O)(=O)c1ccc(NC(C)=O)cc1. The van der Waals surface area contributed by atoms with Gasteiger partial charge in [-0.25, -0.2) is 0 Å². The number of benzene rings is 3. The fourth-order valence-corrected chi connectivity index (χ4v) is 6.63. The van der Waals surface area contributed by atoms with Crippen molar-refractivity contribution >= 4 is 73.3 Å². The monoisotopic (exact) mass is 722 g/mol. The Balaban J connectivity index is 1.49. The third kappa shape index (κ3) is 7.44. The first-order valence-corrected chi connectivity index (χ1v) is 15.8. The van der Waals surface area contributed by atoms with Crippen molar-refractivity contribution in [2.45, 2.75) is 25.7 Å². The zero-order valence-electron chi connectivity index (χ0n) is 23.1. The molecule has 10 nitrogen and oxygen atoms in total. The number of rotatable bonds is 10. The van der Waals surface area contributed by atoms with Crippen LogP contribution in [0.25, 0.3) is 6.08 Å². The quantitative estimate of drug-likeness (QED) is 0.158. The number of carbonyl (C=O) groups excluding carboxylic acids is 3. The molecule has 0 saturated carbocycles. The highest BCUT2D eigenvalue weighted by atomic mass is 127. The summed E-state index contributed by atoms with van der Waals surface area (Å²) >= 11 is 2.72. The van der Waals surface area contributed by atoms with Crippen molar-refractivity contribution in [3.63, 3.8) is 0 Å². The van der Waals surface area contributed by atoms with Crippen molar-refractivity contribution in [1.29, 1.82) is 0 Å². The molecule has 0 aliphatic carbocycles. The number of aryl methyl sites for hydroxylation is 2. The number of thioether (sulfide) groups is 1. The van der Waals surface area contributed by atoms with E-state index in [4.69, 9.17) is 13.7 Å². The molecule has 220 valence electrons. The van der Waals surface area contributed by atoms with Crippen LogP contribution in [0.2, 0.25) is 0 Å². The van der Waals surface area contributed by atoms with Crippen LogP contribution in [-0.2, 0) is 19.7 Å². The molecule has 4 rings (SSSR count). The van der Waals surface area contributed by atoms with Gasteiger partial charge in [-0.15, -0.1) is 0 Å². The lowest BCUT2D eigenvalue weighted by atomic mass is 10.1. The fraction of sp³-hybridized carbons (Fsp3) is 0.207. The Morgan fingerprint density at radius 1 is 1.05 bits per heavy atom. The van der Waals surface area contributed by atoms with E-state index in [2.05, 4.69) is 5.32 Å². The van der Waals surface area contributed by atoms with Gasteiger partial charge in [-0.3, -0.25) is 19.3 Å². The number of methoxy groups -OCH3 is 1.